The lowest BCUT2D eigenvalue weighted by atomic mass is 9.75. The molecule has 4 nitrogen and oxygen atoms in total. The third kappa shape index (κ3) is 3.20. The average molecular weight is 286 g/mol. The molecule has 1 saturated heterocycles. The number of nitrogens with one attached hydrogen (secondary N) is 1. The van der Waals surface area contributed by atoms with Crippen molar-refractivity contribution in [3.8, 4) is 0 Å². The van der Waals surface area contributed by atoms with Crippen LogP contribution in [0.25, 0.3) is 0 Å². The Morgan fingerprint density at radius 3 is 2.62 bits per heavy atom. The Morgan fingerprint density at radius 2 is 1.86 bits per heavy atom. The van der Waals surface area contributed by atoms with E-state index < -0.39 is 0 Å². The van der Waals surface area contributed by atoms with Crippen LogP contribution in [0.4, 0.5) is 5.82 Å². The fourth-order valence-corrected chi connectivity index (χ4v) is 3.95. The molecule has 3 fully saturated rings. The summed E-state index contributed by atoms with van der Waals surface area (Å²) in [5.74, 6) is 2.95. The molecule has 2 heterocycles. The van der Waals surface area contributed by atoms with Gasteiger partial charge in [-0.1, -0.05) is 19.3 Å². The number of nitrogens with zero attached hydrogens (tertiary/aromatic N) is 3. The van der Waals surface area contributed by atoms with Gasteiger partial charge >= 0.3 is 0 Å². The zero-order valence-electron chi connectivity index (χ0n) is 12.8. The van der Waals surface area contributed by atoms with Gasteiger partial charge in [0, 0.05) is 25.7 Å². The lowest BCUT2D eigenvalue weighted by molar-refractivity contribution is 0.202. The van der Waals surface area contributed by atoms with E-state index in [9.17, 15) is 0 Å². The number of hydrogen-bond donors (Lipinski definition) is 1. The summed E-state index contributed by atoms with van der Waals surface area (Å²) in [6, 6.07) is 0.733. The summed E-state index contributed by atoms with van der Waals surface area (Å²) in [4.78, 5) is 11.7. The summed E-state index contributed by atoms with van der Waals surface area (Å²) in [6.07, 6.45) is 13.7. The number of fused-ring (bicyclic) bond motifs is 1. The number of aromatic nitrogens is 2. The van der Waals surface area contributed by atoms with Gasteiger partial charge in [-0.05, 0) is 37.5 Å². The molecule has 1 aromatic rings. The van der Waals surface area contributed by atoms with Crippen LogP contribution in [0.5, 0.6) is 0 Å². The first-order chi connectivity index (χ1) is 10.4. The Bertz CT molecular complexity index is 468. The van der Waals surface area contributed by atoms with Crippen molar-refractivity contribution in [3.05, 3.63) is 18.1 Å². The van der Waals surface area contributed by atoms with Gasteiger partial charge in [0.2, 0.25) is 0 Å². The third-order valence-electron chi connectivity index (χ3n) is 5.46. The van der Waals surface area contributed by atoms with E-state index in [1.807, 2.05) is 12.4 Å². The van der Waals surface area contributed by atoms with Gasteiger partial charge < -0.3 is 10.2 Å². The molecular formula is C17H26N4. The smallest absolute Gasteiger partial charge is 0.147 e. The largest absolute Gasteiger partial charge is 0.355 e. The minimum Gasteiger partial charge on any atom is -0.355 e. The molecule has 0 aromatic carbocycles. The number of anilines is 1. The van der Waals surface area contributed by atoms with Crippen LogP contribution < -0.4 is 10.2 Å². The first-order valence-corrected chi connectivity index (χ1v) is 8.68. The Hall–Kier alpha value is -1.16. The molecular weight excluding hydrogens is 260 g/mol. The summed E-state index contributed by atoms with van der Waals surface area (Å²) in [7, 11) is 0. The maximum absolute atomic E-state index is 4.66. The molecule has 1 aliphatic heterocycles. The number of piperidine rings is 1. The second-order valence-electron chi connectivity index (χ2n) is 7.06. The van der Waals surface area contributed by atoms with E-state index in [4.69, 9.17) is 0 Å². The fraction of sp³-hybridized carbons (Fsp3) is 0.765. The van der Waals surface area contributed by atoms with Gasteiger partial charge in [-0.2, -0.15) is 0 Å². The highest BCUT2D eigenvalue weighted by Gasteiger charge is 2.31. The van der Waals surface area contributed by atoms with Gasteiger partial charge in [0.15, 0.2) is 0 Å². The molecule has 0 bridgehead atoms. The second kappa shape index (κ2) is 5.91. The molecule has 3 aliphatic rings. The van der Waals surface area contributed by atoms with Gasteiger partial charge in [-0.25, -0.2) is 4.98 Å². The molecule has 0 spiro atoms. The highest BCUT2D eigenvalue weighted by atomic mass is 15.2. The van der Waals surface area contributed by atoms with E-state index in [2.05, 4.69) is 20.2 Å². The Labute approximate surface area is 127 Å². The van der Waals surface area contributed by atoms with E-state index in [0.29, 0.717) is 0 Å². The van der Waals surface area contributed by atoms with E-state index in [1.54, 1.807) is 0 Å². The molecule has 2 atom stereocenters. The van der Waals surface area contributed by atoms with Gasteiger partial charge in [-0.3, -0.25) is 4.98 Å². The summed E-state index contributed by atoms with van der Waals surface area (Å²) >= 11 is 0. The summed E-state index contributed by atoms with van der Waals surface area (Å²) < 4.78 is 0. The van der Waals surface area contributed by atoms with Gasteiger partial charge in [0.05, 0.1) is 18.1 Å². The van der Waals surface area contributed by atoms with Crippen LogP contribution >= 0.6 is 0 Å². The third-order valence-corrected chi connectivity index (χ3v) is 5.46. The molecule has 0 amide bonds. The zero-order valence-corrected chi connectivity index (χ0v) is 12.8. The Balaban J connectivity index is 1.36. The zero-order chi connectivity index (χ0) is 14.1. The molecule has 4 heteroatoms. The molecule has 21 heavy (non-hydrogen) atoms. The highest BCUT2D eigenvalue weighted by molar-refractivity contribution is 5.36. The predicted molar refractivity (Wildman–Crippen MR) is 84.2 cm³/mol. The quantitative estimate of drug-likeness (QED) is 0.924. The van der Waals surface area contributed by atoms with Crippen LogP contribution in [0, 0.1) is 11.8 Å². The first kappa shape index (κ1) is 13.5. The van der Waals surface area contributed by atoms with Crippen molar-refractivity contribution in [1.82, 2.24) is 15.3 Å². The summed E-state index contributed by atoms with van der Waals surface area (Å²) in [5, 5.41) is 3.49. The lowest BCUT2D eigenvalue weighted by Gasteiger charge is -2.41. The number of rotatable bonds is 4. The molecule has 1 N–H and O–H groups in total. The first-order valence-electron chi connectivity index (χ1n) is 8.68. The lowest BCUT2D eigenvalue weighted by Crippen LogP contribution is -2.42. The highest BCUT2D eigenvalue weighted by Crippen LogP contribution is 2.36. The van der Waals surface area contributed by atoms with E-state index in [-0.39, 0.29) is 0 Å². The van der Waals surface area contributed by atoms with E-state index >= 15 is 0 Å². The molecule has 0 radical (unpaired) electrons. The standard InChI is InChI=1S/C17H26N4/c1-2-4-14-12-21(8-7-13(14)3-1)17-11-19-16(10-20-17)9-18-15-5-6-15/h10-11,13-15,18H,1-9,12H2. The maximum atomic E-state index is 4.66. The van der Waals surface area contributed by atoms with Crippen LogP contribution in [0.2, 0.25) is 0 Å². The molecule has 2 saturated carbocycles. The van der Waals surface area contributed by atoms with Gasteiger partial charge in [-0.15, -0.1) is 0 Å². The van der Waals surface area contributed by atoms with E-state index in [0.717, 1.165) is 42.5 Å². The average Bonchev–Trinajstić information content (AvgIpc) is 3.37. The maximum Gasteiger partial charge on any atom is 0.147 e. The van der Waals surface area contributed by atoms with Crippen LogP contribution in [-0.2, 0) is 6.54 Å². The van der Waals surface area contributed by atoms with Crippen LogP contribution in [-0.4, -0.2) is 29.1 Å². The predicted octanol–water partition coefficient (Wildman–Crippen LogP) is 2.75. The monoisotopic (exact) mass is 286 g/mol. The van der Waals surface area contributed by atoms with Crippen LogP contribution in [0.1, 0.15) is 50.6 Å². The molecule has 114 valence electrons. The van der Waals surface area contributed by atoms with Crippen molar-refractivity contribution < 1.29 is 0 Å². The molecule has 1 aromatic heterocycles. The summed E-state index contributed by atoms with van der Waals surface area (Å²) in [6.45, 7) is 3.22. The van der Waals surface area contributed by atoms with E-state index in [1.165, 1.54) is 51.5 Å². The Morgan fingerprint density at radius 1 is 1.00 bits per heavy atom. The van der Waals surface area contributed by atoms with Crippen molar-refractivity contribution in [2.45, 2.75) is 57.5 Å². The SMILES string of the molecule is c1nc(N2CCC3CCCCC3C2)cnc1CNC1CC1. The minimum absolute atomic E-state index is 0.733. The Kier molecular flexibility index (Phi) is 3.80. The van der Waals surface area contributed by atoms with Crippen molar-refractivity contribution in [2.24, 2.45) is 11.8 Å². The van der Waals surface area contributed by atoms with Gasteiger partial charge in [0.25, 0.3) is 0 Å². The number of hydrogen-bond acceptors (Lipinski definition) is 4. The fourth-order valence-electron chi connectivity index (χ4n) is 3.95. The minimum atomic E-state index is 0.733. The van der Waals surface area contributed by atoms with Crippen molar-refractivity contribution in [2.75, 3.05) is 18.0 Å². The molecule has 2 unspecified atom stereocenters. The van der Waals surface area contributed by atoms with Crippen molar-refractivity contribution >= 4 is 5.82 Å². The molecule has 4 rings (SSSR count). The second-order valence-corrected chi connectivity index (χ2v) is 7.06. The van der Waals surface area contributed by atoms with Crippen molar-refractivity contribution in [3.63, 3.8) is 0 Å². The summed E-state index contributed by atoms with van der Waals surface area (Å²) in [5.41, 5.74) is 1.07. The van der Waals surface area contributed by atoms with Crippen LogP contribution in [0.15, 0.2) is 12.4 Å². The van der Waals surface area contributed by atoms with Gasteiger partial charge in [0.1, 0.15) is 5.82 Å². The normalized spacial score (nSPS) is 29.2. The molecule has 2 aliphatic carbocycles. The van der Waals surface area contributed by atoms with Crippen LogP contribution in [0.3, 0.4) is 0 Å². The topological polar surface area (TPSA) is 41.1 Å². The van der Waals surface area contributed by atoms with Crippen molar-refractivity contribution in [1.29, 1.82) is 0 Å².